The standard InChI is InChI=1S/C20H12FN3/c1-23-20-18(13-12-15(14-22)19(20)21)24(16-8-4-2-5-9-16)17-10-6-3-7-11-17/h2-13H. The van der Waals surface area contributed by atoms with E-state index < -0.39 is 5.82 Å². The van der Waals surface area contributed by atoms with Crippen LogP contribution >= 0.6 is 0 Å². The first-order valence-corrected chi connectivity index (χ1v) is 7.26. The van der Waals surface area contributed by atoms with Crippen LogP contribution in [0.15, 0.2) is 72.8 Å². The van der Waals surface area contributed by atoms with Crippen LogP contribution in [-0.4, -0.2) is 0 Å². The number of anilines is 3. The summed E-state index contributed by atoms with van der Waals surface area (Å²) >= 11 is 0. The zero-order chi connectivity index (χ0) is 16.9. The van der Waals surface area contributed by atoms with E-state index in [1.54, 1.807) is 17.0 Å². The number of hydrogen-bond acceptors (Lipinski definition) is 2. The molecule has 4 heteroatoms. The summed E-state index contributed by atoms with van der Waals surface area (Å²) in [6.45, 7) is 7.36. The second kappa shape index (κ2) is 6.64. The normalized spacial score (nSPS) is 9.79. The third-order valence-corrected chi connectivity index (χ3v) is 3.60. The Hall–Kier alpha value is -3.63. The predicted octanol–water partition coefficient (Wildman–Crippen LogP) is 5.72. The molecule has 0 aliphatic carbocycles. The Morgan fingerprint density at radius 1 is 0.875 bits per heavy atom. The van der Waals surface area contributed by atoms with Crippen LogP contribution in [0, 0.1) is 23.7 Å². The average Bonchev–Trinajstić information content (AvgIpc) is 2.64. The van der Waals surface area contributed by atoms with Crippen LogP contribution < -0.4 is 4.90 Å². The molecule has 0 unspecified atom stereocenters. The van der Waals surface area contributed by atoms with Crippen LogP contribution in [0.1, 0.15) is 5.56 Å². The van der Waals surface area contributed by atoms with E-state index in [0.29, 0.717) is 5.69 Å². The molecular formula is C20H12FN3. The van der Waals surface area contributed by atoms with Gasteiger partial charge < -0.3 is 4.90 Å². The van der Waals surface area contributed by atoms with Gasteiger partial charge in [-0.1, -0.05) is 36.4 Å². The summed E-state index contributed by atoms with van der Waals surface area (Å²) in [6.07, 6.45) is 0. The van der Waals surface area contributed by atoms with Gasteiger partial charge in [-0.25, -0.2) is 9.24 Å². The number of nitrogens with zero attached hydrogens (tertiary/aromatic N) is 3. The molecule has 0 spiro atoms. The molecule has 114 valence electrons. The Bertz CT molecular complexity index is 899. The maximum atomic E-state index is 14.5. The van der Waals surface area contributed by atoms with Crippen LogP contribution in [0.25, 0.3) is 4.85 Å². The van der Waals surface area contributed by atoms with Crippen LogP contribution in [0.2, 0.25) is 0 Å². The molecule has 24 heavy (non-hydrogen) atoms. The molecule has 0 N–H and O–H groups in total. The van der Waals surface area contributed by atoms with Gasteiger partial charge in [0.15, 0.2) is 0 Å². The van der Waals surface area contributed by atoms with E-state index in [0.717, 1.165) is 11.4 Å². The lowest BCUT2D eigenvalue weighted by atomic mass is 10.1. The number of benzene rings is 3. The summed E-state index contributed by atoms with van der Waals surface area (Å²) in [5.74, 6) is -0.790. The molecule has 0 aliphatic rings. The number of hydrogen-bond donors (Lipinski definition) is 0. The molecule has 0 radical (unpaired) electrons. The maximum absolute atomic E-state index is 14.5. The molecule has 0 aromatic heterocycles. The average molecular weight is 313 g/mol. The lowest BCUT2D eigenvalue weighted by Gasteiger charge is -2.26. The molecule has 0 amide bonds. The van der Waals surface area contributed by atoms with Crippen molar-refractivity contribution in [2.45, 2.75) is 0 Å². The molecular weight excluding hydrogens is 301 g/mol. The molecule has 3 aromatic rings. The van der Waals surface area contributed by atoms with E-state index in [2.05, 4.69) is 4.85 Å². The van der Waals surface area contributed by atoms with E-state index in [4.69, 9.17) is 11.8 Å². The summed E-state index contributed by atoms with van der Waals surface area (Å²) in [6, 6.07) is 23.6. The van der Waals surface area contributed by atoms with Gasteiger partial charge in [-0.2, -0.15) is 5.26 Å². The monoisotopic (exact) mass is 313 g/mol. The van der Waals surface area contributed by atoms with Gasteiger partial charge in [-0.15, -0.1) is 0 Å². The molecule has 3 nitrogen and oxygen atoms in total. The third kappa shape index (κ3) is 2.69. The third-order valence-electron chi connectivity index (χ3n) is 3.60. The predicted molar refractivity (Wildman–Crippen MR) is 92.1 cm³/mol. The lowest BCUT2D eigenvalue weighted by molar-refractivity contribution is 0.630. The summed E-state index contributed by atoms with van der Waals surface area (Å²) in [5.41, 5.74) is 1.71. The Morgan fingerprint density at radius 3 is 1.88 bits per heavy atom. The quantitative estimate of drug-likeness (QED) is 0.579. The second-order valence-electron chi connectivity index (χ2n) is 5.02. The summed E-state index contributed by atoms with van der Waals surface area (Å²) < 4.78 is 14.5. The zero-order valence-corrected chi connectivity index (χ0v) is 12.6. The van der Waals surface area contributed by atoms with E-state index >= 15 is 0 Å². The van der Waals surface area contributed by atoms with Gasteiger partial charge in [0, 0.05) is 11.4 Å². The van der Waals surface area contributed by atoms with Crippen molar-refractivity contribution in [1.29, 1.82) is 5.26 Å². The van der Waals surface area contributed by atoms with Crippen molar-refractivity contribution in [3.05, 3.63) is 95.6 Å². The Balaban J connectivity index is 2.27. The van der Waals surface area contributed by atoms with Gasteiger partial charge in [0.25, 0.3) is 0 Å². The number of nitriles is 1. The van der Waals surface area contributed by atoms with Crippen molar-refractivity contribution >= 4 is 22.7 Å². The lowest BCUT2D eigenvalue weighted by Crippen LogP contribution is -2.10. The van der Waals surface area contributed by atoms with Crippen LogP contribution in [0.3, 0.4) is 0 Å². The highest BCUT2D eigenvalue weighted by molar-refractivity contribution is 5.85. The van der Waals surface area contributed by atoms with E-state index in [1.807, 2.05) is 60.7 Å². The largest absolute Gasteiger partial charge is 0.320 e. The van der Waals surface area contributed by atoms with E-state index in [-0.39, 0.29) is 11.3 Å². The smallest absolute Gasteiger partial charge is 0.246 e. The Labute approximate surface area is 139 Å². The highest BCUT2D eigenvalue weighted by atomic mass is 19.1. The first-order chi connectivity index (χ1) is 11.8. The Morgan fingerprint density at radius 2 is 1.42 bits per heavy atom. The van der Waals surface area contributed by atoms with Crippen molar-refractivity contribution < 1.29 is 4.39 Å². The fourth-order valence-electron chi connectivity index (χ4n) is 2.51. The van der Waals surface area contributed by atoms with Gasteiger partial charge >= 0.3 is 0 Å². The fourth-order valence-corrected chi connectivity index (χ4v) is 2.51. The SMILES string of the molecule is [C-]#[N+]c1c(N(c2ccccc2)c2ccccc2)ccc(C#N)c1F. The summed E-state index contributed by atoms with van der Waals surface area (Å²) in [7, 11) is 0. The topological polar surface area (TPSA) is 31.4 Å². The van der Waals surface area contributed by atoms with Crippen molar-refractivity contribution in [3.8, 4) is 6.07 Å². The zero-order valence-electron chi connectivity index (χ0n) is 12.6. The van der Waals surface area contributed by atoms with Crippen molar-refractivity contribution in [2.75, 3.05) is 4.90 Å². The minimum Gasteiger partial charge on any atom is -0.320 e. The number of halogens is 1. The molecule has 0 saturated carbocycles. The summed E-state index contributed by atoms with van der Waals surface area (Å²) in [5, 5.41) is 9.00. The van der Waals surface area contributed by atoms with Gasteiger partial charge in [0.2, 0.25) is 5.69 Å². The second-order valence-corrected chi connectivity index (χ2v) is 5.02. The van der Waals surface area contributed by atoms with E-state index in [1.165, 1.54) is 6.07 Å². The molecule has 3 rings (SSSR count). The van der Waals surface area contributed by atoms with Gasteiger partial charge in [-0.3, -0.25) is 0 Å². The molecule has 0 atom stereocenters. The fraction of sp³-hybridized carbons (Fsp3) is 0. The number of rotatable bonds is 3. The van der Waals surface area contributed by atoms with Crippen molar-refractivity contribution in [3.63, 3.8) is 0 Å². The number of para-hydroxylation sites is 2. The van der Waals surface area contributed by atoms with Crippen LogP contribution in [-0.2, 0) is 0 Å². The van der Waals surface area contributed by atoms with Gasteiger partial charge in [-0.05, 0) is 36.4 Å². The highest BCUT2D eigenvalue weighted by Crippen LogP contribution is 2.41. The van der Waals surface area contributed by atoms with Gasteiger partial charge in [0.1, 0.15) is 11.9 Å². The van der Waals surface area contributed by atoms with Gasteiger partial charge in [0.05, 0.1) is 17.8 Å². The first-order valence-electron chi connectivity index (χ1n) is 7.26. The van der Waals surface area contributed by atoms with Crippen LogP contribution in [0.5, 0.6) is 0 Å². The maximum Gasteiger partial charge on any atom is 0.246 e. The van der Waals surface area contributed by atoms with Crippen molar-refractivity contribution in [2.24, 2.45) is 0 Å². The highest BCUT2D eigenvalue weighted by Gasteiger charge is 2.20. The van der Waals surface area contributed by atoms with Crippen LogP contribution in [0.4, 0.5) is 27.1 Å². The minimum absolute atomic E-state index is 0.133. The molecule has 0 heterocycles. The Kier molecular flexibility index (Phi) is 4.23. The molecule has 3 aromatic carbocycles. The summed E-state index contributed by atoms with van der Waals surface area (Å²) in [4.78, 5) is 5.14. The minimum atomic E-state index is -0.790. The molecule has 0 aliphatic heterocycles. The molecule has 0 fully saturated rings. The van der Waals surface area contributed by atoms with Crippen molar-refractivity contribution in [1.82, 2.24) is 0 Å². The first kappa shape index (κ1) is 15.3. The molecule has 0 saturated heterocycles. The molecule has 0 bridgehead atoms. The van der Waals surface area contributed by atoms with E-state index in [9.17, 15) is 4.39 Å².